The number of benzene rings is 1. The molecule has 108 valence electrons. The molecule has 5 heteroatoms. The van der Waals surface area contributed by atoms with E-state index < -0.39 is 0 Å². The summed E-state index contributed by atoms with van der Waals surface area (Å²) in [6.07, 6.45) is 2.38. The van der Waals surface area contributed by atoms with Crippen molar-refractivity contribution in [2.45, 2.75) is 18.9 Å². The van der Waals surface area contributed by atoms with E-state index in [-0.39, 0.29) is 0 Å². The molecule has 1 aliphatic rings. The first kappa shape index (κ1) is 15.3. The third-order valence-electron chi connectivity index (χ3n) is 3.50. The molecule has 4 nitrogen and oxygen atoms in total. The second-order valence-corrected chi connectivity index (χ2v) is 5.68. The van der Waals surface area contributed by atoms with Crippen molar-refractivity contribution in [3.63, 3.8) is 0 Å². The van der Waals surface area contributed by atoms with Crippen LogP contribution < -0.4 is 4.90 Å². The standard InChI is InChI=1S/C15H19BrN2O2/c1-19-8-9-20-13-4-6-18(7-5-13)15-3-2-12(11-17)10-14(15)16/h2-3,10,13H,4-9H2,1H3. The molecule has 0 spiro atoms. The van der Waals surface area contributed by atoms with Crippen LogP contribution >= 0.6 is 15.9 Å². The van der Waals surface area contributed by atoms with Gasteiger partial charge in [0.1, 0.15) is 0 Å². The van der Waals surface area contributed by atoms with Gasteiger partial charge >= 0.3 is 0 Å². The summed E-state index contributed by atoms with van der Waals surface area (Å²) in [6, 6.07) is 7.90. The maximum atomic E-state index is 8.89. The number of halogens is 1. The first-order valence-electron chi connectivity index (χ1n) is 6.79. The highest BCUT2D eigenvalue weighted by molar-refractivity contribution is 9.10. The van der Waals surface area contributed by atoms with Crippen molar-refractivity contribution in [2.24, 2.45) is 0 Å². The van der Waals surface area contributed by atoms with Gasteiger partial charge < -0.3 is 14.4 Å². The van der Waals surface area contributed by atoms with E-state index in [1.165, 1.54) is 0 Å². The zero-order chi connectivity index (χ0) is 14.4. The van der Waals surface area contributed by atoms with Gasteiger partial charge in [0.2, 0.25) is 0 Å². The van der Waals surface area contributed by atoms with Crippen LogP contribution in [0.5, 0.6) is 0 Å². The summed E-state index contributed by atoms with van der Waals surface area (Å²) in [5.41, 5.74) is 1.83. The molecule has 1 fully saturated rings. The molecule has 2 rings (SSSR count). The number of hydrogen-bond acceptors (Lipinski definition) is 4. The maximum absolute atomic E-state index is 8.89. The number of hydrogen-bond donors (Lipinski definition) is 0. The van der Waals surface area contributed by atoms with Crippen LogP contribution in [0.3, 0.4) is 0 Å². The fourth-order valence-corrected chi connectivity index (χ4v) is 3.02. The van der Waals surface area contributed by atoms with Crippen LogP contribution in [0.15, 0.2) is 22.7 Å². The summed E-state index contributed by atoms with van der Waals surface area (Å²) in [5, 5.41) is 8.89. The minimum absolute atomic E-state index is 0.332. The molecule has 0 atom stereocenters. The van der Waals surface area contributed by atoms with Gasteiger partial charge in [-0.15, -0.1) is 0 Å². The Morgan fingerprint density at radius 3 is 2.70 bits per heavy atom. The normalized spacial score (nSPS) is 16.1. The van der Waals surface area contributed by atoms with Crippen LogP contribution in [-0.2, 0) is 9.47 Å². The van der Waals surface area contributed by atoms with E-state index >= 15 is 0 Å². The van der Waals surface area contributed by atoms with Gasteiger partial charge in [0.25, 0.3) is 0 Å². The Balaban J connectivity index is 1.89. The largest absolute Gasteiger partial charge is 0.382 e. The monoisotopic (exact) mass is 338 g/mol. The van der Waals surface area contributed by atoms with Gasteiger partial charge in [-0.05, 0) is 47.0 Å². The van der Waals surface area contributed by atoms with Gasteiger partial charge in [0, 0.05) is 24.7 Å². The van der Waals surface area contributed by atoms with Gasteiger partial charge in [0.05, 0.1) is 36.6 Å². The quantitative estimate of drug-likeness (QED) is 0.774. The SMILES string of the molecule is COCCOC1CCN(c2ccc(C#N)cc2Br)CC1. The fraction of sp³-hybridized carbons (Fsp3) is 0.533. The van der Waals surface area contributed by atoms with Crippen molar-refractivity contribution in [3.05, 3.63) is 28.2 Å². The number of piperidine rings is 1. The third kappa shape index (κ3) is 3.95. The first-order valence-corrected chi connectivity index (χ1v) is 7.59. The van der Waals surface area contributed by atoms with Crippen molar-refractivity contribution in [2.75, 3.05) is 38.3 Å². The average Bonchev–Trinajstić information content (AvgIpc) is 2.48. The van der Waals surface area contributed by atoms with Crippen LogP contribution in [0, 0.1) is 11.3 Å². The maximum Gasteiger partial charge on any atom is 0.0992 e. The zero-order valence-electron chi connectivity index (χ0n) is 11.6. The van der Waals surface area contributed by atoms with Gasteiger partial charge in [-0.3, -0.25) is 0 Å². The van der Waals surface area contributed by atoms with Crippen LogP contribution in [0.25, 0.3) is 0 Å². The molecule has 1 aromatic carbocycles. The van der Waals surface area contributed by atoms with E-state index in [1.807, 2.05) is 18.2 Å². The molecule has 1 heterocycles. The van der Waals surface area contributed by atoms with Gasteiger partial charge in [0.15, 0.2) is 0 Å². The predicted octanol–water partition coefficient (Wildman–Crippen LogP) is 2.95. The van der Waals surface area contributed by atoms with E-state index in [1.54, 1.807) is 7.11 Å². The Labute approximate surface area is 128 Å². The van der Waals surface area contributed by atoms with Crippen molar-refractivity contribution >= 4 is 21.6 Å². The predicted molar refractivity (Wildman–Crippen MR) is 81.9 cm³/mol. The highest BCUT2D eigenvalue weighted by atomic mass is 79.9. The lowest BCUT2D eigenvalue weighted by atomic mass is 10.1. The summed E-state index contributed by atoms with van der Waals surface area (Å²) < 4.78 is 11.7. The van der Waals surface area contributed by atoms with Crippen molar-refractivity contribution < 1.29 is 9.47 Å². The number of nitriles is 1. The molecule has 0 unspecified atom stereocenters. The highest BCUT2D eigenvalue weighted by Crippen LogP contribution is 2.29. The van der Waals surface area contributed by atoms with Gasteiger partial charge in [-0.25, -0.2) is 0 Å². The van der Waals surface area contributed by atoms with E-state index in [2.05, 4.69) is 26.9 Å². The second kappa shape index (κ2) is 7.63. The van der Waals surface area contributed by atoms with Gasteiger partial charge in [-0.2, -0.15) is 5.26 Å². The molecule has 1 saturated heterocycles. The smallest absolute Gasteiger partial charge is 0.0992 e. The lowest BCUT2D eigenvalue weighted by molar-refractivity contribution is 0.00609. The molecule has 0 saturated carbocycles. The molecule has 0 N–H and O–H groups in total. The Kier molecular flexibility index (Phi) is 5.84. The number of methoxy groups -OCH3 is 1. The Morgan fingerprint density at radius 2 is 2.10 bits per heavy atom. The fourth-order valence-electron chi connectivity index (χ4n) is 2.39. The van der Waals surface area contributed by atoms with Crippen LogP contribution in [0.1, 0.15) is 18.4 Å². The van der Waals surface area contributed by atoms with Gasteiger partial charge in [-0.1, -0.05) is 0 Å². The van der Waals surface area contributed by atoms with E-state index in [9.17, 15) is 0 Å². The molecule has 1 aliphatic heterocycles. The summed E-state index contributed by atoms with van der Waals surface area (Å²) in [4.78, 5) is 2.33. The van der Waals surface area contributed by atoms with Crippen LogP contribution in [0.4, 0.5) is 5.69 Å². The lowest BCUT2D eigenvalue weighted by Gasteiger charge is -2.34. The summed E-state index contributed by atoms with van der Waals surface area (Å²) in [7, 11) is 1.69. The molecule has 0 amide bonds. The lowest BCUT2D eigenvalue weighted by Crippen LogP contribution is -2.37. The Bertz CT molecular complexity index is 479. The Morgan fingerprint density at radius 1 is 1.35 bits per heavy atom. The number of ether oxygens (including phenoxy) is 2. The second-order valence-electron chi connectivity index (χ2n) is 4.83. The molecule has 0 aromatic heterocycles. The van der Waals surface area contributed by atoms with E-state index in [0.717, 1.165) is 36.1 Å². The molecule has 0 aliphatic carbocycles. The van der Waals surface area contributed by atoms with Crippen LogP contribution in [0.2, 0.25) is 0 Å². The first-order chi connectivity index (χ1) is 9.74. The van der Waals surface area contributed by atoms with E-state index in [0.29, 0.717) is 24.9 Å². The third-order valence-corrected chi connectivity index (χ3v) is 4.14. The highest BCUT2D eigenvalue weighted by Gasteiger charge is 2.21. The summed E-state index contributed by atoms with van der Waals surface area (Å²) in [6.45, 7) is 3.27. The Hall–Kier alpha value is -1.09. The molecular formula is C15H19BrN2O2. The molecule has 20 heavy (non-hydrogen) atoms. The van der Waals surface area contributed by atoms with Crippen molar-refractivity contribution in [1.82, 2.24) is 0 Å². The summed E-state index contributed by atoms with van der Waals surface area (Å²) in [5.74, 6) is 0. The van der Waals surface area contributed by atoms with E-state index in [4.69, 9.17) is 14.7 Å². The topological polar surface area (TPSA) is 45.5 Å². The minimum atomic E-state index is 0.332. The number of rotatable bonds is 5. The average molecular weight is 339 g/mol. The molecule has 1 aromatic rings. The molecular weight excluding hydrogens is 320 g/mol. The molecule has 0 radical (unpaired) electrons. The van der Waals surface area contributed by atoms with Crippen molar-refractivity contribution in [1.29, 1.82) is 5.26 Å². The van der Waals surface area contributed by atoms with Crippen LogP contribution in [-0.4, -0.2) is 39.5 Å². The molecule has 0 bridgehead atoms. The zero-order valence-corrected chi connectivity index (χ0v) is 13.2. The number of nitrogens with zero attached hydrogens (tertiary/aromatic N) is 2. The minimum Gasteiger partial charge on any atom is -0.382 e. The number of anilines is 1. The summed E-state index contributed by atoms with van der Waals surface area (Å²) >= 11 is 3.55. The van der Waals surface area contributed by atoms with Crippen molar-refractivity contribution in [3.8, 4) is 6.07 Å².